The maximum atomic E-state index is 11.7. The van der Waals surface area contributed by atoms with Crippen LogP contribution in [0.4, 0.5) is 5.13 Å². The van der Waals surface area contributed by atoms with E-state index in [1.807, 2.05) is 19.4 Å². The van der Waals surface area contributed by atoms with Crippen molar-refractivity contribution in [3.63, 3.8) is 0 Å². The van der Waals surface area contributed by atoms with Crippen molar-refractivity contribution in [2.75, 3.05) is 12.4 Å². The number of hydrogen-bond donors (Lipinski definition) is 2. The Morgan fingerprint density at radius 3 is 2.94 bits per heavy atom. The van der Waals surface area contributed by atoms with Gasteiger partial charge in [-0.25, -0.2) is 4.98 Å². The predicted molar refractivity (Wildman–Crippen MR) is 65.5 cm³/mol. The third kappa shape index (κ3) is 2.41. The van der Waals surface area contributed by atoms with E-state index in [1.165, 1.54) is 11.3 Å². The molecule has 1 aromatic heterocycles. The summed E-state index contributed by atoms with van der Waals surface area (Å²) in [4.78, 5) is 16.1. The van der Waals surface area contributed by atoms with E-state index in [2.05, 4.69) is 22.5 Å². The third-order valence-electron chi connectivity index (χ3n) is 3.07. The van der Waals surface area contributed by atoms with E-state index >= 15 is 0 Å². The second-order valence-electron chi connectivity index (χ2n) is 4.40. The van der Waals surface area contributed by atoms with Crippen LogP contribution >= 0.6 is 11.3 Å². The smallest absolute Gasteiger partial charge is 0.229 e. The molecule has 0 aromatic carbocycles. The Bertz CT molecular complexity index is 390. The number of anilines is 1. The minimum absolute atomic E-state index is 0.116. The van der Waals surface area contributed by atoms with Gasteiger partial charge in [0.15, 0.2) is 5.13 Å². The lowest BCUT2D eigenvalue weighted by atomic mass is 10.3. The van der Waals surface area contributed by atoms with Gasteiger partial charge < -0.3 is 10.6 Å². The van der Waals surface area contributed by atoms with Crippen LogP contribution in [-0.4, -0.2) is 17.9 Å². The fourth-order valence-electron chi connectivity index (χ4n) is 1.58. The van der Waals surface area contributed by atoms with Gasteiger partial charge in [-0.15, -0.1) is 11.3 Å². The third-order valence-corrected chi connectivity index (χ3v) is 3.85. The molecule has 2 rings (SSSR count). The second kappa shape index (κ2) is 4.51. The van der Waals surface area contributed by atoms with Gasteiger partial charge in [0.1, 0.15) is 0 Å². The molecule has 4 nitrogen and oxygen atoms in total. The van der Waals surface area contributed by atoms with Crippen molar-refractivity contribution in [2.24, 2.45) is 11.8 Å². The van der Waals surface area contributed by atoms with Gasteiger partial charge in [-0.1, -0.05) is 6.92 Å². The first-order chi connectivity index (χ1) is 7.61. The van der Waals surface area contributed by atoms with Crippen LogP contribution in [0.25, 0.3) is 0 Å². The van der Waals surface area contributed by atoms with Crippen molar-refractivity contribution >= 4 is 22.4 Å². The molecule has 1 amide bonds. The van der Waals surface area contributed by atoms with E-state index in [-0.39, 0.29) is 17.9 Å². The maximum absolute atomic E-state index is 11.7. The molecule has 1 saturated carbocycles. The number of amides is 1. The molecule has 0 bridgehead atoms. The molecule has 16 heavy (non-hydrogen) atoms. The number of nitrogens with one attached hydrogen (secondary N) is 2. The second-order valence-corrected chi connectivity index (χ2v) is 5.25. The molecule has 1 fully saturated rings. The minimum atomic E-state index is 0.116. The standard InChI is InChI=1S/C11H17N3OS/c1-6-4-8(6)10(15)14-11-13-9(5-16-11)7(2)12-3/h5-8,12H,4H2,1-3H3,(H,13,14,15). The van der Waals surface area contributed by atoms with Crippen LogP contribution in [0.2, 0.25) is 0 Å². The molecule has 0 saturated heterocycles. The molecular weight excluding hydrogens is 222 g/mol. The van der Waals surface area contributed by atoms with Gasteiger partial charge in [-0.3, -0.25) is 4.79 Å². The summed E-state index contributed by atoms with van der Waals surface area (Å²) in [5.74, 6) is 0.857. The van der Waals surface area contributed by atoms with Crippen molar-refractivity contribution in [2.45, 2.75) is 26.3 Å². The number of carbonyl (C=O) groups is 1. The van der Waals surface area contributed by atoms with Gasteiger partial charge in [0.25, 0.3) is 0 Å². The van der Waals surface area contributed by atoms with Crippen LogP contribution in [0.3, 0.4) is 0 Å². The number of nitrogens with zero attached hydrogens (tertiary/aromatic N) is 1. The zero-order valence-corrected chi connectivity index (χ0v) is 10.6. The number of aromatic nitrogens is 1. The lowest BCUT2D eigenvalue weighted by Crippen LogP contribution is -2.15. The van der Waals surface area contributed by atoms with Crippen molar-refractivity contribution in [1.29, 1.82) is 0 Å². The quantitative estimate of drug-likeness (QED) is 0.845. The van der Waals surface area contributed by atoms with Crippen LogP contribution in [0.1, 0.15) is 32.0 Å². The summed E-state index contributed by atoms with van der Waals surface area (Å²) in [5, 5.41) is 8.68. The highest BCUT2D eigenvalue weighted by molar-refractivity contribution is 7.13. The largest absolute Gasteiger partial charge is 0.312 e. The van der Waals surface area contributed by atoms with Crippen LogP contribution in [0.5, 0.6) is 0 Å². The zero-order chi connectivity index (χ0) is 11.7. The molecule has 2 N–H and O–H groups in total. The number of hydrogen-bond acceptors (Lipinski definition) is 4. The van der Waals surface area contributed by atoms with Gasteiger partial charge in [-0.05, 0) is 26.3 Å². The van der Waals surface area contributed by atoms with E-state index < -0.39 is 0 Å². The molecule has 3 unspecified atom stereocenters. The molecule has 1 aliphatic carbocycles. The molecule has 1 heterocycles. The van der Waals surface area contributed by atoms with Crippen LogP contribution < -0.4 is 10.6 Å². The zero-order valence-electron chi connectivity index (χ0n) is 9.78. The highest BCUT2D eigenvalue weighted by Gasteiger charge is 2.39. The van der Waals surface area contributed by atoms with Gasteiger partial charge >= 0.3 is 0 Å². The molecule has 1 aliphatic rings. The van der Waals surface area contributed by atoms with Gasteiger partial charge in [0.05, 0.1) is 5.69 Å². The summed E-state index contributed by atoms with van der Waals surface area (Å²) in [6, 6.07) is 0.224. The number of thiazole rings is 1. The Balaban J connectivity index is 1.94. The monoisotopic (exact) mass is 239 g/mol. The summed E-state index contributed by atoms with van der Waals surface area (Å²) in [5.41, 5.74) is 0.978. The Hall–Kier alpha value is -0.940. The molecule has 0 spiro atoms. The van der Waals surface area contributed by atoms with Gasteiger partial charge in [-0.2, -0.15) is 0 Å². The molecule has 88 valence electrons. The Kier molecular flexibility index (Phi) is 3.25. The van der Waals surface area contributed by atoms with Crippen LogP contribution in [0, 0.1) is 11.8 Å². The lowest BCUT2D eigenvalue weighted by Gasteiger charge is -2.05. The first-order valence-corrected chi connectivity index (χ1v) is 6.43. The number of carbonyl (C=O) groups excluding carboxylic acids is 1. The van der Waals surface area contributed by atoms with Crippen molar-refractivity contribution < 1.29 is 4.79 Å². The van der Waals surface area contributed by atoms with Gasteiger partial charge in [0, 0.05) is 17.3 Å². The molecular formula is C11H17N3OS. The molecule has 0 aliphatic heterocycles. The molecule has 3 atom stereocenters. The summed E-state index contributed by atoms with van der Waals surface area (Å²) >= 11 is 1.48. The van der Waals surface area contributed by atoms with Crippen LogP contribution in [-0.2, 0) is 4.79 Å². The van der Waals surface area contributed by atoms with Crippen molar-refractivity contribution in [3.05, 3.63) is 11.1 Å². The summed E-state index contributed by atoms with van der Waals surface area (Å²) < 4.78 is 0. The average Bonchev–Trinajstić information content (AvgIpc) is 2.82. The summed E-state index contributed by atoms with van der Waals surface area (Å²) in [6.07, 6.45) is 1.01. The first kappa shape index (κ1) is 11.5. The molecule has 5 heteroatoms. The van der Waals surface area contributed by atoms with Gasteiger partial charge in [0.2, 0.25) is 5.91 Å². The molecule has 0 radical (unpaired) electrons. The summed E-state index contributed by atoms with van der Waals surface area (Å²) in [7, 11) is 1.90. The Morgan fingerprint density at radius 1 is 1.69 bits per heavy atom. The lowest BCUT2D eigenvalue weighted by molar-refractivity contribution is -0.117. The minimum Gasteiger partial charge on any atom is -0.312 e. The van der Waals surface area contributed by atoms with Crippen LogP contribution in [0.15, 0.2) is 5.38 Å². The fourth-order valence-corrected chi connectivity index (χ4v) is 2.38. The topological polar surface area (TPSA) is 54.0 Å². The predicted octanol–water partition coefficient (Wildman–Crippen LogP) is 2.02. The fraction of sp³-hybridized carbons (Fsp3) is 0.636. The van der Waals surface area contributed by atoms with E-state index in [1.54, 1.807) is 0 Å². The van der Waals surface area contributed by atoms with Crippen molar-refractivity contribution in [1.82, 2.24) is 10.3 Å². The van der Waals surface area contributed by atoms with E-state index in [0.29, 0.717) is 11.0 Å². The van der Waals surface area contributed by atoms with E-state index in [4.69, 9.17) is 0 Å². The first-order valence-electron chi connectivity index (χ1n) is 5.55. The van der Waals surface area contributed by atoms with E-state index in [9.17, 15) is 4.79 Å². The maximum Gasteiger partial charge on any atom is 0.229 e. The average molecular weight is 239 g/mol. The highest BCUT2D eigenvalue weighted by atomic mass is 32.1. The SMILES string of the molecule is CNC(C)c1csc(NC(=O)C2CC2C)n1. The Labute approximate surface area is 99.5 Å². The van der Waals surface area contributed by atoms with Crippen molar-refractivity contribution in [3.8, 4) is 0 Å². The summed E-state index contributed by atoms with van der Waals surface area (Å²) in [6.45, 7) is 4.14. The number of rotatable bonds is 4. The normalized spacial score (nSPS) is 25.2. The highest BCUT2D eigenvalue weighted by Crippen LogP contribution is 2.38. The molecule has 1 aromatic rings. The van der Waals surface area contributed by atoms with E-state index in [0.717, 1.165) is 12.1 Å². The Morgan fingerprint density at radius 2 is 2.38 bits per heavy atom.